The molecule has 0 aliphatic rings. The summed E-state index contributed by atoms with van der Waals surface area (Å²) in [6.45, 7) is 2.17. The van der Waals surface area contributed by atoms with Gasteiger partial charge in [-0.15, -0.1) is 0 Å². The minimum absolute atomic E-state index is 0.269. The fraction of sp³-hybridized carbons (Fsp3) is 0.250. The Hall–Kier alpha value is -2.54. The van der Waals surface area contributed by atoms with Gasteiger partial charge in [0.05, 0.1) is 5.56 Å². The molecule has 102 valence electrons. The van der Waals surface area contributed by atoms with Gasteiger partial charge in [0.1, 0.15) is 17.5 Å². The highest BCUT2D eigenvalue weighted by atomic mass is 16.5. The molecule has 0 amide bonds. The molecular formula is C16H17N3O. The first-order valence-electron chi connectivity index (χ1n) is 6.66. The van der Waals surface area contributed by atoms with Crippen LogP contribution in [0.15, 0.2) is 36.5 Å². The molecule has 2 rings (SSSR count). The third-order valence-corrected chi connectivity index (χ3v) is 3.03. The normalized spacial score (nSPS) is 10.0. The number of nitriles is 1. The SMILES string of the molecule is CCCCc1ccc(Oc2nccc(C#N)c2N)cc1. The fourth-order valence-corrected chi connectivity index (χ4v) is 1.85. The zero-order valence-corrected chi connectivity index (χ0v) is 11.5. The van der Waals surface area contributed by atoms with Gasteiger partial charge >= 0.3 is 0 Å². The minimum Gasteiger partial charge on any atom is -0.437 e. The summed E-state index contributed by atoms with van der Waals surface area (Å²) in [5.41, 5.74) is 7.75. The van der Waals surface area contributed by atoms with E-state index in [0.29, 0.717) is 11.3 Å². The van der Waals surface area contributed by atoms with Gasteiger partial charge in [0.15, 0.2) is 0 Å². The summed E-state index contributed by atoms with van der Waals surface area (Å²) in [5, 5.41) is 8.91. The number of anilines is 1. The Kier molecular flexibility index (Phi) is 4.56. The molecule has 0 unspecified atom stereocenters. The number of benzene rings is 1. The molecule has 0 atom stereocenters. The summed E-state index contributed by atoms with van der Waals surface area (Å²) in [7, 11) is 0. The summed E-state index contributed by atoms with van der Waals surface area (Å²) in [5.74, 6) is 0.935. The number of aromatic nitrogens is 1. The highest BCUT2D eigenvalue weighted by Crippen LogP contribution is 2.27. The lowest BCUT2D eigenvalue weighted by Crippen LogP contribution is -1.97. The molecule has 20 heavy (non-hydrogen) atoms. The predicted octanol–water partition coefficient (Wildman–Crippen LogP) is 3.67. The quantitative estimate of drug-likeness (QED) is 0.897. The maximum absolute atomic E-state index is 8.91. The van der Waals surface area contributed by atoms with Crippen LogP contribution in [0.3, 0.4) is 0 Å². The van der Waals surface area contributed by atoms with Crippen molar-refractivity contribution < 1.29 is 4.74 Å². The molecule has 0 fully saturated rings. The van der Waals surface area contributed by atoms with E-state index in [1.54, 1.807) is 6.07 Å². The second-order valence-electron chi connectivity index (χ2n) is 4.54. The standard InChI is InChI=1S/C16H17N3O/c1-2-3-4-12-5-7-14(8-6-12)20-16-15(18)13(11-17)9-10-19-16/h5-10H,2-4,18H2,1H3. The fourth-order valence-electron chi connectivity index (χ4n) is 1.85. The number of rotatable bonds is 5. The van der Waals surface area contributed by atoms with Crippen molar-refractivity contribution in [3.05, 3.63) is 47.7 Å². The van der Waals surface area contributed by atoms with Crippen LogP contribution in [0, 0.1) is 11.3 Å². The van der Waals surface area contributed by atoms with E-state index in [1.165, 1.54) is 24.6 Å². The second-order valence-corrected chi connectivity index (χ2v) is 4.54. The Labute approximate surface area is 118 Å². The number of aryl methyl sites for hydroxylation is 1. The van der Waals surface area contributed by atoms with Crippen LogP contribution in [0.1, 0.15) is 30.9 Å². The zero-order valence-electron chi connectivity index (χ0n) is 11.5. The molecule has 0 saturated heterocycles. The molecule has 2 N–H and O–H groups in total. The molecule has 1 aromatic heterocycles. The van der Waals surface area contributed by atoms with Crippen LogP contribution in [0.4, 0.5) is 5.69 Å². The first-order chi connectivity index (χ1) is 9.74. The third kappa shape index (κ3) is 3.27. The average molecular weight is 267 g/mol. The third-order valence-electron chi connectivity index (χ3n) is 3.03. The van der Waals surface area contributed by atoms with Crippen molar-refractivity contribution in [1.29, 1.82) is 5.26 Å². The molecule has 0 aliphatic carbocycles. The van der Waals surface area contributed by atoms with Gasteiger partial charge in [0.25, 0.3) is 0 Å². The van der Waals surface area contributed by atoms with Gasteiger partial charge in [-0.05, 0) is 36.6 Å². The maximum atomic E-state index is 8.91. The van der Waals surface area contributed by atoms with Crippen LogP contribution in [0.5, 0.6) is 11.6 Å². The predicted molar refractivity (Wildman–Crippen MR) is 78.5 cm³/mol. The molecular weight excluding hydrogens is 250 g/mol. The van der Waals surface area contributed by atoms with Crippen LogP contribution in [0.25, 0.3) is 0 Å². The van der Waals surface area contributed by atoms with Crippen LogP contribution in [-0.2, 0) is 6.42 Å². The minimum atomic E-state index is 0.269. The van der Waals surface area contributed by atoms with Gasteiger partial charge < -0.3 is 10.5 Å². The Morgan fingerprint density at radius 2 is 2.00 bits per heavy atom. The van der Waals surface area contributed by atoms with E-state index in [0.717, 1.165) is 6.42 Å². The maximum Gasteiger partial charge on any atom is 0.244 e. The first kappa shape index (κ1) is 13.9. The van der Waals surface area contributed by atoms with E-state index in [-0.39, 0.29) is 11.6 Å². The highest BCUT2D eigenvalue weighted by molar-refractivity contribution is 5.60. The molecule has 2 aromatic rings. The molecule has 1 aromatic carbocycles. The monoisotopic (exact) mass is 267 g/mol. The van der Waals surface area contributed by atoms with Crippen molar-refractivity contribution in [3.63, 3.8) is 0 Å². The highest BCUT2D eigenvalue weighted by Gasteiger charge is 2.08. The van der Waals surface area contributed by atoms with Gasteiger partial charge in [-0.25, -0.2) is 4.98 Å². The van der Waals surface area contributed by atoms with Crippen LogP contribution in [-0.4, -0.2) is 4.98 Å². The lowest BCUT2D eigenvalue weighted by atomic mass is 10.1. The van der Waals surface area contributed by atoms with Crippen molar-refractivity contribution >= 4 is 5.69 Å². The summed E-state index contributed by atoms with van der Waals surface area (Å²) in [4.78, 5) is 4.06. The van der Waals surface area contributed by atoms with Crippen molar-refractivity contribution in [3.8, 4) is 17.7 Å². The summed E-state index contributed by atoms with van der Waals surface area (Å²) < 4.78 is 5.62. The van der Waals surface area contributed by atoms with E-state index in [1.807, 2.05) is 30.3 Å². The molecule has 0 spiro atoms. The van der Waals surface area contributed by atoms with Gasteiger partial charge in [-0.1, -0.05) is 25.5 Å². The van der Waals surface area contributed by atoms with Crippen LogP contribution < -0.4 is 10.5 Å². The second kappa shape index (κ2) is 6.58. The summed E-state index contributed by atoms with van der Waals surface area (Å²) in [6, 6.07) is 11.4. The molecule has 4 nitrogen and oxygen atoms in total. The molecule has 0 bridgehead atoms. The summed E-state index contributed by atoms with van der Waals surface area (Å²) >= 11 is 0. The Balaban J connectivity index is 2.13. The van der Waals surface area contributed by atoms with E-state index in [4.69, 9.17) is 15.7 Å². The number of unbranched alkanes of at least 4 members (excludes halogenated alkanes) is 1. The average Bonchev–Trinajstić information content (AvgIpc) is 2.48. The van der Waals surface area contributed by atoms with Crippen LogP contribution in [0.2, 0.25) is 0 Å². The van der Waals surface area contributed by atoms with Crippen LogP contribution >= 0.6 is 0 Å². The number of nitrogens with two attached hydrogens (primary N) is 1. The first-order valence-corrected chi connectivity index (χ1v) is 6.66. The van der Waals surface area contributed by atoms with Crippen molar-refractivity contribution in [2.75, 3.05) is 5.73 Å². The number of hydrogen-bond donors (Lipinski definition) is 1. The summed E-state index contributed by atoms with van der Waals surface area (Å²) in [6.07, 6.45) is 4.94. The molecule has 0 radical (unpaired) electrons. The zero-order chi connectivity index (χ0) is 14.4. The van der Waals surface area contributed by atoms with Gasteiger partial charge in [-0.3, -0.25) is 0 Å². The lowest BCUT2D eigenvalue weighted by Gasteiger charge is -2.08. The van der Waals surface area contributed by atoms with Gasteiger partial charge in [-0.2, -0.15) is 5.26 Å². The van der Waals surface area contributed by atoms with Crippen molar-refractivity contribution in [2.24, 2.45) is 0 Å². The van der Waals surface area contributed by atoms with Gasteiger partial charge in [0.2, 0.25) is 5.88 Å². The Bertz CT molecular complexity index is 615. The Morgan fingerprint density at radius 3 is 2.65 bits per heavy atom. The van der Waals surface area contributed by atoms with Crippen molar-refractivity contribution in [2.45, 2.75) is 26.2 Å². The molecule has 1 heterocycles. The van der Waals surface area contributed by atoms with E-state index >= 15 is 0 Å². The van der Waals surface area contributed by atoms with E-state index in [2.05, 4.69) is 11.9 Å². The lowest BCUT2D eigenvalue weighted by molar-refractivity contribution is 0.465. The topological polar surface area (TPSA) is 71.9 Å². The number of nitrogens with zero attached hydrogens (tertiary/aromatic N) is 2. The number of pyridine rings is 1. The molecule has 0 aliphatic heterocycles. The van der Waals surface area contributed by atoms with E-state index < -0.39 is 0 Å². The number of hydrogen-bond acceptors (Lipinski definition) is 4. The van der Waals surface area contributed by atoms with Gasteiger partial charge in [0, 0.05) is 6.20 Å². The number of nitrogen functional groups attached to an aromatic ring is 1. The molecule has 4 heteroatoms. The van der Waals surface area contributed by atoms with Crippen molar-refractivity contribution in [1.82, 2.24) is 4.98 Å². The Morgan fingerprint density at radius 1 is 1.25 bits per heavy atom. The van der Waals surface area contributed by atoms with E-state index in [9.17, 15) is 0 Å². The molecule has 0 saturated carbocycles. The smallest absolute Gasteiger partial charge is 0.244 e. The largest absolute Gasteiger partial charge is 0.437 e. The number of ether oxygens (including phenoxy) is 1.